The van der Waals surface area contributed by atoms with Gasteiger partial charge in [0.15, 0.2) is 8.68 Å². The Morgan fingerprint density at radius 3 is 2.75 bits per heavy atom. The van der Waals surface area contributed by atoms with Crippen molar-refractivity contribution in [3.8, 4) is 0 Å². The molecule has 3 nitrogen and oxygen atoms in total. The molecule has 2 rings (SSSR count). The average Bonchev–Trinajstić information content (AvgIpc) is 2.71. The van der Waals surface area contributed by atoms with E-state index in [9.17, 15) is 0 Å². The molecule has 0 aliphatic heterocycles. The number of anilines is 1. The van der Waals surface area contributed by atoms with Gasteiger partial charge in [-0.3, -0.25) is 0 Å². The van der Waals surface area contributed by atoms with Crippen LogP contribution < -0.4 is 5.73 Å². The zero-order valence-corrected chi connectivity index (χ0v) is 11.5. The van der Waals surface area contributed by atoms with Crippen molar-refractivity contribution in [2.24, 2.45) is 0 Å². The average molecular weight is 290 g/mol. The summed E-state index contributed by atoms with van der Waals surface area (Å²) in [6, 6.07) is 5.40. The van der Waals surface area contributed by atoms with Gasteiger partial charge < -0.3 is 5.73 Å². The van der Waals surface area contributed by atoms with E-state index < -0.39 is 0 Å². The molecule has 16 heavy (non-hydrogen) atoms. The van der Waals surface area contributed by atoms with Gasteiger partial charge in [-0.2, -0.15) is 0 Å². The molecule has 84 valence electrons. The van der Waals surface area contributed by atoms with Crippen LogP contribution in [0, 0.1) is 0 Å². The number of aromatic nitrogens is 2. The molecule has 0 bridgehead atoms. The highest BCUT2D eigenvalue weighted by Gasteiger charge is 2.08. The third-order valence-corrected chi connectivity index (χ3v) is 4.99. The highest BCUT2D eigenvalue weighted by atomic mass is 35.5. The molecule has 0 radical (unpaired) electrons. The molecule has 0 amide bonds. The van der Waals surface area contributed by atoms with E-state index in [-0.39, 0.29) is 0 Å². The van der Waals surface area contributed by atoms with Crippen molar-refractivity contribution in [2.75, 3.05) is 12.0 Å². The van der Waals surface area contributed by atoms with Gasteiger partial charge in [-0.25, -0.2) is 0 Å². The number of rotatable bonds is 3. The summed E-state index contributed by atoms with van der Waals surface area (Å²) in [6.07, 6.45) is 1.97. The number of nitrogen functional groups attached to an aromatic ring is 1. The van der Waals surface area contributed by atoms with Crippen molar-refractivity contribution in [1.82, 2.24) is 10.2 Å². The lowest BCUT2D eigenvalue weighted by Gasteiger charge is -2.02. The van der Waals surface area contributed by atoms with Crippen molar-refractivity contribution in [3.05, 3.63) is 23.2 Å². The SMILES string of the molecule is CSc1nnc(Sc2cc(Cl)ccc2N)s1. The minimum absolute atomic E-state index is 0.673. The third kappa shape index (κ3) is 2.82. The van der Waals surface area contributed by atoms with Gasteiger partial charge in [-0.1, -0.05) is 46.5 Å². The van der Waals surface area contributed by atoms with Crippen LogP contribution in [0.2, 0.25) is 5.02 Å². The first kappa shape index (κ1) is 12.0. The van der Waals surface area contributed by atoms with Crippen molar-refractivity contribution in [3.63, 3.8) is 0 Å². The van der Waals surface area contributed by atoms with Gasteiger partial charge >= 0.3 is 0 Å². The fourth-order valence-electron chi connectivity index (χ4n) is 1.01. The predicted molar refractivity (Wildman–Crippen MR) is 71.7 cm³/mol. The number of nitrogens with two attached hydrogens (primary N) is 1. The lowest BCUT2D eigenvalue weighted by molar-refractivity contribution is 0.956. The molecule has 1 heterocycles. The molecular formula is C9H8ClN3S3. The summed E-state index contributed by atoms with van der Waals surface area (Å²) in [6.45, 7) is 0. The molecule has 0 aliphatic rings. The second kappa shape index (κ2) is 5.27. The van der Waals surface area contributed by atoms with E-state index in [1.54, 1.807) is 35.2 Å². The number of halogens is 1. The molecule has 0 spiro atoms. The molecule has 0 fully saturated rings. The number of hydrogen-bond acceptors (Lipinski definition) is 6. The Hall–Kier alpha value is -0.430. The molecule has 1 aromatic heterocycles. The van der Waals surface area contributed by atoms with E-state index in [1.165, 1.54) is 11.8 Å². The molecule has 2 aromatic rings. The minimum Gasteiger partial charge on any atom is -0.398 e. The summed E-state index contributed by atoms with van der Waals surface area (Å²) in [7, 11) is 0. The van der Waals surface area contributed by atoms with Gasteiger partial charge in [0.2, 0.25) is 0 Å². The van der Waals surface area contributed by atoms with Crippen LogP contribution in [0.25, 0.3) is 0 Å². The topological polar surface area (TPSA) is 51.8 Å². The summed E-state index contributed by atoms with van der Waals surface area (Å²) in [5, 5.41) is 8.76. The summed E-state index contributed by atoms with van der Waals surface area (Å²) >= 11 is 10.5. The van der Waals surface area contributed by atoms with Crippen LogP contribution in [0.15, 0.2) is 31.8 Å². The van der Waals surface area contributed by atoms with Gasteiger partial charge in [0, 0.05) is 15.6 Å². The molecule has 0 atom stereocenters. The Balaban J connectivity index is 2.22. The van der Waals surface area contributed by atoms with Crippen molar-refractivity contribution in [2.45, 2.75) is 13.6 Å². The van der Waals surface area contributed by atoms with Crippen LogP contribution in [0.4, 0.5) is 5.69 Å². The van der Waals surface area contributed by atoms with Crippen LogP contribution >= 0.6 is 46.5 Å². The predicted octanol–water partition coefficient (Wildman–Crippen LogP) is 3.65. The number of nitrogens with zero attached hydrogens (tertiary/aromatic N) is 2. The van der Waals surface area contributed by atoms with Crippen LogP contribution in [-0.4, -0.2) is 16.5 Å². The van der Waals surface area contributed by atoms with Crippen LogP contribution in [-0.2, 0) is 0 Å². The van der Waals surface area contributed by atoms with E-state index >= 15 is 0 Å². The maximum Gasteiger partial charge on any atom is 0.179 e. The van der Waals surface area contributed by atoms with E-state index in [4.69, 9.17) is 17.3 Å². The molecule has 7 heteroatoms. The first-order valence-corrected chi connectivity index (χ1v) is 7.53. The summed E-state index contributed by atoms with van der Waals surface area (Å²) in [4.78, 5) is 0.913. The summed E-state index contributed by atoms with van der Waals surface area (Å²) < 4.78 is 1.82. The quantitative estimate of drug-likeness (QED) is 0.690. The Bertz CT molecular complexity index is 500. The molecule has 0 unspecified atom stereocenters. The lowest BCUT2D eigenvalue weighted by Crippen LogP contribution is -1.87. The Morgan fingerprint density at radius 1 is 1.31 bits per heavy atom. The first-order chi connectivity index (χ1) is 7.69. The fraction of sp³-hybridized carbons (Fsp3) is 0.111. The molecule has 2 N–H and O–H groups in total. The zero-order chi connectivity index (χ0) is 11.5. The molecule has 1 aromatic carbocycles. The van der Waals surface area contributed by atoms with E-state index in [2.05, 4.69) is 10.2 Å². The highest BCUT2D eigenvalue weighted by molar-refractivity contribution is 8.03. The van der Waals surface area contributed by atoms with Gasteiger partial charge in [-0.05, 0) is 24.5 Å². The zero-order valence-electron chi connectivity index (χ0n) is 8.31. The standard InChI is InChI=1S/C9H8ClN3S3/c1-14-8-12-13-9(16-8)15-7-4-5(10)2-3-6(7)11/h2-4H,11H2,1H3. The van der Waals surface area contributed by atoms with Crippen LogP contribution in [0.5, 0.6) is 0 Å². The number of thioether (sulfide) groups is 1. The van der Waals surface area contributed by atoms with Crippen molar-refractivity contribution < 1.29 is 0 Å². The van der Waals surface area contributed by atoms with Crippen LogP contribution in [0.1, 0.15) is 0 Å². The fourth-order valence-corrected chi connectivity index (χ4v) is 3.73. The van der Waals surface area contributed by atoms with E-state index in [0.29, 0.717) is 10.7 Å². The maximum absolute atomic E-state index is 5.91. The second-order valence-corrected chi connectivity index (χ2v) is 6.58. The van der Waals surface area contributed by atoms with E-state index in [0.717, 1.165) is 13.6 Å². The molecule has 0 saturated heterocycles. The summed E-state index contributed by atoms with van der Waals surface area (Å²) in [5.74, 6) is 0. The maximum atomic E-state index is 5.91. The van der Waals surface area contributed by atoms with Crippen molar-refractivity contribution in [1.29, 1.82) is 0 Å². The number of hydrogen-bond donors (Lipinski definition) is 1. The Kier molecular flexibility index (Phi) is 3.96. The first-order valence-electron chi connectivity index (χ1n) is 4.29. The van der Waals surface area contributed by atoms with Gasteiger partial charge in [0.25, 0.3) is 0 Å². The van der Waals surface area contributed by atoms with Crippen molar-refractivity contribution >= 4 is 52.1 Å². The van der Waals surface area contributed by atoms with Gasteiger partial charge in [0.1, 0.15) is 0 Å². The van der Waals surface area contributed by atoms with E-state index in [1.807, 2.05) is 12.3 Å². The minimum atomic E-state index is 0.673. The normalized spacial score (nSPS) is 10.6. The monoisotopic (exact) mass is 289 g/mol. The summed E-state index contributed by atoms with van der Waals surface area (Å²) in [5.41, 5.74) is 6.55. The molecule has 0 saturated carbocycles. The lowest BCUT2D eigenvalue weighted by atomic mass is 10.3. The second-order valence-electron chi connectivity index (χ2n) is 2.82. The Labute approximate surface area is 111 Å². The van der Waals surface area contributed by atoms with Gasteiger partial charge in [-0.15, -0.1) is 10.2 Å². The highest BCUT2D eigenvalue weighted by Crippen LogP contribution is 2.36. The molecule has 0 aliphatic carbocycles. The van der Waals surface area contributed by atoms with Crippen LogP contribution in [0.3, 0.4) is 0 Å². The smallest absolute Gasteiger partial charge is 0.179 e. The Morgan fingerprint density at radius 2 is 2.06 bits per heavy atom. The van der Waals surface area contributed by atoms with Gasteiger partial charge in [0.05, 0.1) is 0 Å². The molecular weight excluding hydrogens is 282 g/mol. The largest absolute Gasteiger partial charge is 0.398 e. The number of benzene rings is 1. The third-order valence-electron chi connectivity index (χ3n) is 1.74.